The van der Waals surface area contributed by atoms with Crippen LogP contribution < -0.4 is 5.32 Å². The van der Waals surface area contributed by atoms with Gasteiger partial charge in [-0.05, 0) is 31.5 Å². The Bertz CT molecular complexity index is 333. The van der Waals surface area contributed by atoms with Gasteiger partial charge in [-0.2, -0.15) is 13.2 Å². The van der Waals surface area contributed by atoms with Crippen molar-refractivity contribution in [3.05, 3.63) is 35.4 Å². The third-order valence-electron chi connectivity index (χ3n) is 2.40. The highest BCUT2D eigenvalue weighted by Gasteiger charge is 2.32. The average molecular weight is 231 g/mol. The molecule has 0 aliphatic rings. The van der Waals surface area contributed by atoms with Gasteiger partial charge in [0.1, 0.15) is 0 Å². The van der Waals surface area contributed by atoms with Gasteiger partial charge >= 0.3 is 6.18 Å². The molecule has 0 bridgehead atoms. The van der Waals surface area contributed by atoms with E-state index in [-0.39, 0.29) is 6.04 Å². The van der Waals surface area contributed by atoms with Crippen molar-refractivity contribution < 1.29 is 13.2 Å². The number of likely N-dealkylation sites (N-methyl/N-ethyl adjacent to an activating group) is 1. The highest BCUT2D eigenvalue weighted by atomic mass is 19.4. The van der Waals surface area contributed by atoms with Gasteiger partial charge in [0.25, 0.3) is 0 Å². The molecule has 1 aromatic carbocycles. The molecule has 0 aliphatic carbocycles. The molecular formula is C12H16F3N. The lowest BCUT2D eigenvalue weighted by atomic mass is 10.0. The van der Waals surface area contributed by atoms with Crippen LogP contribution >= 0.6 is 0 Å². The number of benzene rings is 1. The zero-order valence-corrected chi connectivity index (χ0v) is 9.43. The Hall–Kier alpha value is -1.03. The molecule has 90 valence electrons. The fourth-order valence-electron chi connectivity index (χ4n) is 1.73. The second-order valence-electron chi connectivity index (χ2n) is 3.82. The highest BCUT2D eigenvalue weighted by Crippen LogP contribution is 2.32. The van der Waals surface area contributed by atoms with Gasteiger partial charge in [0, 0.05) is 6.04 Å². The molecule has 0 aliphatic heterocycles. The van der Waals surface area contributed by atoms with Crippen molar-refractivity contribution in [1.82, 2.24) is 5.32 Å². The molecule has 1 nitrogen and oxygen atoms in total. The van der Waals surface area contributed by atoms with E-state index in [0.29, 0.717) is 12.0 Å². The standard InChI is InChI=1S/C12H16F3N/c1-3-16-9(2)8-10-6-4-5-7-11(10)12(13,14)15/h4-7,9,16H,3,8H2,1-2H3/t9-/m1/s1. The van der Waals surface area contributed by atoms with Crippen molar-refractivity contribution >= 4 is 0 Å². The Morgan fingerprint density at radius 1 is 1.25 bits per heavy atom. The summed E-state index contributed by atoms with van der Waals surface area (Å²) in [7, 11) is 0. The second kappa shape index (κ2) is 5.34. The van der Waals surface area contributed by atoms with Gasteiger partial charge in [0.15, 0.2) is 0 Å². The second-order valence-corrected chi connectivity index (χ2v) is 3.82. The van der Waals surface area contributed by atoms with Gasteiger partial charge in [-0.25, -0.2) is 0 Å². The molecule has 0 heterocycles. The van der Waals surface area contributed by atoms with Crippen LogP contribution in [0.2, 0.25) is 0 Å². The Morgan fingerprint density at radius 3 is 2.44 bits per heavy atom. The van der Waals surface area contributed by atoms with Gasteiger partial charge in [0.2, 0.25) is 0 Å². The van der Waals surface area contributed by atoms with E-state index < -0.39 is 11.7 Å². The van der Waals surface area contributed by atoms with E-state index in [4.69, 9.17) is 0 Å². The van der Waals surface area contributed by atoms with Crippen molar-refractivity contribution in [2.45, 2.75) is 32.5 Å². The molecule has 4 heteroatoms. The van der Waals surface area contributed by atoms with Crippen molar-refractivity contribution in [3.8, 4) is 0 Å². The first-order valence-corrected chi connectivity index (χ1v) is 5.33. The van der Waals surface area contributed by atoms with Crippen LogP contribution in [-0.2, 0) is 12.6 Å². The van der Waals surface area contributed by atoms with Crippen molar-refractivity contribution in [2.75, 3.05) is 6.54 Å². The lowest BCUT2D eigenvalue weighted by Gasteiger charge is -2.16. The highest BCUT2D eigenvalue weighted by molar-refractivity contribution is 5.30. The van der Waals surface area contributed by atoms with Gasteiger partial charge < -0.3 is 5.32 Å². The molecule has 16 heavy (non-hydrogen) atoms. The SMILES string of the molecule is CCN[C@H](C)Cc1ccccc1C(F)(F)F. The lowest BCUT2D eigenvalue weighted by Crippen LogP contribution is -2.28. The molecule has 0 saturated carbocycles. The van der Waals surface area contributed by atoms with Crippen molar-refractivity contribution in [1.29, 1.82) is 0 Å². The first-order valence-electron chi connectivity index (χ1n) is 5.33. The summed E-state index contributed by atoms with van der Waals surface area (Å²) in [6, 6.07) is 5.78. The summed E-state index contributed by atoms with van der Waals surface area (Å²) >= 11 is 0. The maximum absolute atomic E-state index is 12.7. The molecular weight excluding hydrogens is 215 g/mol. The summed E-state index contributed by atoms with van der Waals surface area (Å²) < 4.78 is 38.0. The Labute approximate surface area is 93.7 Å². The summed E-state index contributed by atoms with van der Waals surface area (Å²) in [6.07, 6.45) is -3.87. The molecule has 1 atom stereocenters. The summed E-state index contributed by atoms with van der Waals surface area (Å²) in [6.45, 7) is 4.58. The number of nitrogens with one attached hydrogen (secondary N) is 1. The van der Waals surface area contributed by atoms with E-state index in [1.165, 1.54) is 12.1 Å². The lowest BCUT2D eigenvalue weighted by molar-refractivity contribution is -0.138. The number of hydrogen-bond acceptors (Lipinski definition) is 1. The Balaban J connectivity index is 2.87. The van der Waals surface area contributed by atoms with Gasteiger partial charge in [0.05, 0.1) is 5.56 Å². The summed E-state index contributed by atoms with van der Waals surface area (Å²) in [5, 5.41) is 3.11. The molecule has 0 saturated heterocycles. The molecule has 0 spiro atoms. The van der Waals surface area contributed by atoms with Gasteiger partial charge in [-0.15, -0.1) is 0 Å². The van der Waals surface area contributed by atoms with Crippen molar-refractivity contribution in [2.24, 2.45) is 0 Å². The van der Waals surface area contributed by atoms with E-state index in [1.807, 2.05) is 13.8 Å². The third kappa shape index (κ3) is 3.52. The normalized spacial score (nSPS) is 13.8. The van der Waals surface area contributed by atoms with Crippen LogP contribution in [0, 0.1) is 0 Å². The van der Waals surface area contributed by atoms with Crippen LogP contribution in [0.5, 0.6) is 0 Å². The molecule has 1 aromatic rings. The minimum atomic E-state index is -4.26. The zero-order valence-electron chi connectivity index (χ0n) is 9.43. The molecule has 0 fully saturated rings. The molecule has 1 rings (SSSR count). The first-order chi connectivity index (χ1) is 7.45. The minimum absolute atomic E-state index is 0.0495. The third-order valence-corrected chi connectivity index (χ3v) is 2.40. The maximum atomic E-state index is 12.7. The van der Waals surface area contributed by atoms with Crippen LogP contribution in [0.3, 0.4) is 0 Å². The van der Waals surface area contributed by atoms with E-state index >= 15 is 0 Å². The van der Waals surface area contributed by atoms with E-state index in [2.05, 4.69) is 5.32 Å². The van der Waals surface area contributed by atoms with E-state index in [0.717, 1.165) is 12.6 Å². The molecule has 0 aromatic heterocycles. The first kappa shape index (κ1) is 13.0. The summed E-state index contributed by atoms with van der Waals surface area (Å²) in [4.78, 5) is 0. The van der Waals surface area contributed by atoms with Crippen LogP contribution in [0.4, 0.5) is 13.2 Å². The minimum Gasteiger partial charge on any atom is -0.314 e. The molecule has 1 N–H and O–H groups in total. The summed E-state index contributed by atoms with van der Waals surface area (Å²) in [5.41, 5.74) is -0.178. The Kier molecular flexibility index (Phi) is 4.35. The molecule has 0 amide bonds. The predicted octanol–water partition coefficient (Wildman–Crippen LogP) is 3.25. The van der Waals surface area contributed by atoms with Crippen LogP contribution in [0.25, 0.3) is 0 Å². The van der Waals surface area contributed by atoms with Crippen LogP contribution in [-0.4, -0.2) is 12.6 Å². The number of alkyl halides is 3. The van der Waals surface area contributed by atoms with E-state index in [1.54, 1.807) is 6.07 Å². The maximum Gasteiger partial charge on any atom is 0.416 e. The van der Waals surface area contributed by atoms with Crippen molar-refractivity contribution in [3.63, 3.8) is 0 Å². The monoisotopic (exact) mass is 231 g/mol. The van der Waals surface area contributed by atoms with Crippen LogP contribution in [0.1, 0.15) is 25.0 Å². The Morgan fingerprint density at radius 2 is 1.88 bits per heavy atom. The fourth-order valence-corrected chi connectivity index (χ4v) is 1.73. The predicted molar refractivity (Wildman–Crippen MR) is 58.3 cm³/mol. The zero-order chi connectivity index (χ0) is 12.2. The summed E-state index contributed by atoms with van der Waals surface area (Å²) in [5.74, 6) is 0. The molecule has 0 unspecified atom stereocenters. The quantitative estimate of drug-likeness (QED) is 0.838. The van der Waals surface area contributed by atoms with Crippen LogP contribution in [0.15, 0.2) is 24.3 Å². The number of rotatable bonds is 4. The number of halogens is 3. The topological polar surface area (TPSA) is 12.0 Å². The van der Waals surface area contributed by atoms with E-state index in [9.17, 15) is 13.2 Å². The van der Waals surface area contributed by atoms with Gasteiger partial charge in [-0.1, -0.05) is 25.1 Å². The smallest absolute Gasteiger partial charge is 0.314 e. The molecule has 0 radical (unpaired) electrons. The van der Waals surface area contributed by atoms with Gasteiger partial charge in [-0.3, -0.25) is 0 Å². The fraction of sp³-hybridized carbons (Fsp3) is 0.500. The average Bonchev–Trinajstić information content (AvgIpc) is 2.17. The number of hydrogen-bond donors (Lipinski definition) is 1. The largest absolute Gasteiger partial charge is 0.416 e.